The number of nitrogens with zero attached hydrogens (tertiary/aromatic N) is 2. The van der Waals surface area contributed by atoms with E-state index in [4.69, 9.17) is 4.74 Å². The smallest absolute Gasteiger partial charge is 0.409 e. The summed E-state index contributed by atoms with van der Waals surface area (Å²) in [6, 6.07) is 0. The SMILES string of the molecule is CCCCCCCCCCCC(=O)N1CCN(C(=O)OCC)CC1. The van der Waals surface area contributed by atoms with Crippen LogP contribution >= 0.6 is 0 Å². The molecule has 1 saturated heterocycles. The van der Waals surface area contributed by atoms with Crippen molar-refractivity contribution in [3.05, 3.63) is 0 Å². The first-order valence-electron chi connectivity index (χ1n) is 9.88. The van der Waals surface area contributed by atoms with Gasteiger partial charge in [-0.25, -0.2) is 4.79 Å². The third-order valence-corrected chi connectivity index (χ3v) is 4.65. The molecule has 1 aliphatic heterocycles. The van der Waals surface area contributed by atoms with E-state index in [-0.39, 0.29) is 12.0 Å². The molecule has 1 aliphatic rings. The molecule has 1 rings (SSSR count). The molecule has 5 heteroatoms. The predicted octanol–water partition coefficient (Wildman–Crippen LogP) is 4.21. The van der Waals surface area contributed by atoms with Crippen LogP contribution in [0.2, 0.25) is 0 Å². The van der Waals surface area contributed by atoms with Crippen LogP contribution in [0, 0.1) is 0 Å². The molecule has 0 atom stereocenters. The monoisotopic (exact) mass is 340 g/mol. The summed E-state index contributed by atoms with van der Waals surface area (Å²) in [4.78, 5) is 27.4. The van der Waals surface area contributed by atoms with Crippen molar-refractivity contribution in [1.29, 1.82) is 0 Å². The van der Waals surface area contributed by atoms with Gasteiger partial charge in [-0.3, -0.25) is 4.79 Å². The first-order valence-corrected chi connectivity index (χ1v) is 9.88. The second kappa shape index (κ2) is 13.1. The van der Waals surface area contributed by atoms with Gasteiger partial charge in [0, 0.05) is 32.6 Å². The van der Waals surface area contributed by atoms with E-state index < -0.39 is 0 Å². The lowest BCUT2D eigenvalue weighted by Gasteiger charge is -2.34. The highest BCUT2D eigenvalue weighted by Gasteiger charge is 2.24. The van der Waals surface area contributed by atoms with Gasteiger partial charge in [0.1, 0.15) is 0 Å². The molecule has 0 aromatic heterocycles. The van der Waals surface area contributed by atoms with Crippen LogP contribution in [-0.4, -0.2) is 54.6 Å². The van der Waals surface area contributed by atoms with Crippen molar-refractivity contribution in [2.75, 3.05) is 32.8 Å². The summed E-state index contributed by atoms with van der Waals surface area (Å²) in [6.45, 7) is 6.89. The zero-order valence-electron chi connectivity index (χ0n) is 15.7. The van der Waals surface area contributed by atoms with Crippen molar-refractivity contribution < 1.29 is 14.3 Å². The Balaban J connectivity index is 2.01. The topological polar surface area (TPSA) is 49.9 Å². The summed E-state index contributed by atoms with van der Waals surface area (Å²) in [5.74, 6) is 0.237. The van der Waals surface area contributed by atoms with Gasteiger partial charge in [-0.05, 0) is 13.3 Å². The Bertz CT molecular complexity index is 353. The van der Waals surface area contributed by atoms with Crippen LogP contribution in [0.3, 0.4) is 0 Å². The fourth-order valence-corrected chi connectivity index (χ4v) is 3.10. The van der Waals surface area contributed by atoms with E-state index in [9.17, 15) is 9.59 Å². The van der Waals surface area contributed by atoms with Gasteiger partial charge in [0.15, 0.2) is 0 Å². The molecule has 0 saturated carbocycles. The maximum absolute atomic E-state index is 12.2. The maximum atomic E-state index is 12.2. The molecule has 0 spiro atoms. The number of piperazine rings is 1. The Kier molecular flexibility index (Phi) is 11.3. The van der Waals surface area contributed by atoms with Crippen LogP contribution < -0.4 is 0 Å². The molecule has 5 nitrogen and oxygen atoms in total. The van der Waals surface area contributed by atoms with Gasteiger partial charge >= 0.3 is 6.09 Å². The van der Waals surface area contributed by atoms with Crippen molar-refractivity contribution in [1.82, 2.24) is 9.80 Å². The molecule has 0 unspecified atom stereocenters. The third kappa shape index (κ3) is 8.55. The van der Waals surface area contributed by atoms with Crippen molar-refractivity contribution >= 4 is 12.0 Å². The number of hydrogen-bond donors (Lipinski definition) is 0. The van der Waals surface area contributed by atoms with E-state index in [1.54, 1.807) is 4.90 Å². The molecule has 0 aromatic rings. The van der Waals surface area contributed by atoms with Gasteiger partial charge < -0.3 is 14.5 Å². The molecular formula is C19H36N2O3. The predicted molar refractivity (Wildman–Crippen MR) is 97.0 cm³/mol. The molecule has 0 radical (unpaired) electrons. The van der Waals surface area contributed by atoms with Crippen molar-refractivity contribution in [2.45, 2.75) is 78.1 Å². The molecule has 2 amide bonds. The third-order valence-electron chi connectivity index (χ3n) is 4.65. The molecule has 0 aliphatic carbocycles. The highest BCUT2D eigenvalue weighted by molar-refractivity contribution is 5.76. The molecule has 140 valence electrons. The first-order chi connectivity index (χ1) is 11.7. The summed E-state index contributed by atoms with van der Waals surface area (Å²) in [5.41, 5.74) is 0. The van der Waals surface area contributed by atoms with Gasteiger partial charge in [0.25, 0.3) is 0 Å². The lowest BCUT2D eigenvalue weighted by Crippen LogP contribution is -2.50. The lowest BCUT2D eigenvalue weighted by molar-refractivity contribution is -0.132. The first kappa shape index (κ1) is 20.8. The molecule has 1 heterocycles. The van der Waals surface area contributed by atoms with Crippen LogP contribution in [0.4, 0.5) is 4.79 Å². The van der Waals surface area contributed by atoms with Gasteiger partial charge in [0.05, 0.1) is 6.61 Å². The van der Waals surface area contributed by atoms with E-state index in [1.165, 1.54) is 44.9 Å². The fraction of sp³-hybridized carbons (Fsp3) is 0.895. The van der Waals surface area contributed by atoms with E-state index >= 15 is 0 Å². The van der Waals surface area contributed by atoms with Crippen LogP contribution in [0.1, 0.15) is 78.1 Å². The molecule has 24 heavy (non-hydrogen) atoms. The highest BCUT2D eigenvalue weighted by atomic mass is 16.6. The minimum absolute atomic E-state index is 0.237. The average Bonchev–Trinajstić information content (AvgIpc) is 2.60. The number of unbranched alkanes of at least 4 members (excludes halogenated alkanes) is 8. The largest absolute Gasteiger partial charge is 0.450 e. The standard InChI is InChI=1S/C19H36N2O3/c1-3-5-6-7-8-9-10-11-12-13-18(22)20-14-16-21(17-15-20)19(23)24-4-2/h3-17H2,1-2H3. The van der Waals surface area contributed by atoms with Crippen molar-refractivity contribution in [3.63, 3.8) is 0 Å². The number of amides is 2. The molecular weight excluding hydrogens is 304 g/mol. The van der Waals surface area contributed by atoms with Gasteiger partial charge in [-0.2, -0.15) is 0 Å². The van der Waals surface area contributed by atoms with Crippen LogP contribution in [0.5, 0.6) is 0 Å². The number of ether oxygens (including phenoxy) is 1. The van der Waals surface area contributed by atoms with Crippen molar-refractivity contribution in [3.8, 4) is 0 Å². The quantitative estimate of drug-likeness (QED) is 0.529. The van der Waals surface area contributed by atoms with Gasteiger partial charge in [-0.15, -0.1) is 0 Å². The lowest BCUT2D eigenvalue weighted by atomic mass is 10.1. The van der Waals surface area contributed by atoms with Crippen LogP contribution in [0.25, 0.3) is 0 Å². The van der Waals surface area contributed by atoms with E-state index in [0.29, 0.717) is 39.2 Å². The van der Waals surface area contributed by atoms with E-state index in [2.05, 4.69) is 6.92 Å². The summed E-state index contributed by atoms with van der Waals surface area (Å²) in [6.07, 6.45) is 11.8. The molecule has 1 fully saturated rings. The summed E-state index contributed by atoms with van der Waals surface area (Å²) in [7, 11) is 0. The Labute approximate surface area is 147 Å². The van der Waals surface area contributed by atoms with Crippen LogP contribution in [-0.2, 0) is 9.53 Å². The van der Waals surface area contributed by atoms with Crippen LogP contribution in [0.15, 0.2) is 0 Å². The van der Waals surface area contributed by atoms with Gasteiger partial charge in [0.2, 0.25) is 5.91 Å². The number of hydrogen-bond acceptors (Lipinski definition) is 3. The highest BCUT2D eigenvalue weighted by Crippen LogP contribution is 2.12. The maximum Gasteiger partial charge on any atom is 0.409 e. The minimum Gasteiger partial charge on any atom is -0.450 e. The molecule has 0 aromatic carbocycles. The number of carbonyl (C=O) groups excluding carboxylic acids is 2. The second-order valence-electron chi connectivity index (χ2n) is 6.65. The number of carbonyl (C=O) groups is 2. The Hall–Kier alpha value is -1.26. The Morgan fingerprint density at radius 1 is 0.750 bits per heavy atom. The zero-order chi connectivity index (χ0) is 17.6. The summed E-state index contributed by atoms with van der Waals surface area (Å²) in [5, 5.41) is 0. The molecule has 0 N–H and O–H groups in total. The fourth-order valence-electron chi connectivity index (χ4n) is 3.10. The number of rotatable bonds is 11. The second-order valence-corrected chi connectivity index (χ2v) is 6.65. The van der Waals surface area contributed by atoms with E-state index in [1.807, 2.05) is 11.8 Å². The van der Waals surface area contributed by atoms with Crippen molar-refractivity contribution in [2.24, 2.45) is 0 Å². The minimum atomic E-state index is -0.261. The molecule has 0 bridgehead atoms. The summed E-state index contributed by atoms with van der Waals surface area (Å²) >= 11 is 0. The Morgan fingerprint density at radius 3 is 1.79 bits per heavy atom. The Morgan fingerprint density at radius 2 is 1.25 bits per heavy atom. The zero-order valence-corrected chi connectivity index (χ0v) is 15.7. The normalized spacial score (nSPS) is 14.8. The van der Waals surface area contributed by atoms with E-state index in [0.717, 1.165) is 12.8 Å². The van der Waals surface area contributed by atoms with Gasteiger partial charge in [-0.1, -0.05) is 58.3 Å². The average molecular weight is 341 g/mol. The summed E-state index contributed by atoms with van der Waals surface area (Å²) < 4.78 is 4.99.